The second-order valence-electron chi connectivity index (χ2n) is 7.06. The number of fused-ring (bicyclic) bond motifs is 1. The molecule has 0 spiro atoms. The van der Waals surface area contributed by atoms with Crippen LogP contribution in [0.2, 0.25) is 0 Å². The molecule has 7 nitrogen and oxygen atoms in total. The molecule has 0 aliphatic carbocycles. The first-order chi connectivity index (χ1) is 13.8. The molecule has 3 aromatic rings. The molecule has 0 saturated carbocycles. The summed E-state index contributed by atoms with van der Waals surface area (Å²) in [6.45, 7) is 5.27. The van der Waals surface area contributed by atoms with Crippen molar-refractivity contribution in [3.8, 4) is 0 Å². The predicted octanol–water partition coefficient (Wildman–Crippen LogP) is 3.24. The molecule has 0 bridgehead atoms. The zero-order valence-corrected chi connectivity index (χ0v) is 17.7. The van der Waals surface area contributed by atoms with Gasteiger partial charge in [0.05, 0.1) is 17.4 Å². The summed E-state index contributed by atoms with van der Waals surface area (Å²) in [7, 11) is 1.30. The molecule has 0 aliphatic heterocycles. The highest BCUT2D eigenvalue weighted by Gasteiger charge is 2.35. The van der Waals surface area contributed by atoms with Crippen LogP contribution in [0, 0.1) is 6.92 Å². The predicted molar refractivity (Wildman–Crippen MR) is 114 cm³/mol. The minimum atomic E-state index is -1.11. The van der Waals surface area contributed by atoms with Crippen LogP contribution in [-0.2, 0) is 16.0 Å². The molecule has 29 heavy (non-hydrogen) atoms. The van der Waals surface area contributed by atoms with Gasteiger partial charge < -0.3 is 15.8 Å². The summed E-state index contributed by atoms with van der Waals surface area (Å²) in [4.78, 5) is 35.2. The lowest BCUT2D eigenvalue weighted by Crippen LogP contribution is -2.52. The van der Waals surface area contributed by atoms with Crippen LogP contribution >= 0.6 is 11.3 Å². The molecule has 3 N–H and O–H groups in total. The minimum absolute atomic E-state index is 0.347. The van der Waals surface area contributed by atoms with E-state index in [1.54, 1.807) is 6.92 Å². The van der Waals surface area contributed by atoms with Gasteiger partial charge in [-0.25, -0.2) is 14.8 Å². The normalized spacial score (nSPS) is 13.1. The van der Waals surface area contributed by atoms with Gasteiger partial charge >= 0.3 is 5.97 Å². The Hall–Kier alpha value is -3.00. The second-order valence-corrected chi connectivity index (χ2v) is 8.05. The van der Waals surface area contributed by atoms with Crippen LogP contribution in [0.4, 0.5) is 5.82 Å². The average molecular weight is 413 g/mol. The largest absolute Gasteiger partial charge is 0.467 e. The third kappa shape index (κ3) is 4.07. The molecular weight excluding hydrogens is 388 g/mol. The van der Waals surface area contributed by atoms with Gasteiger partial charge in [0.1, 0.15) is 22.0 Å². The zero-order valence-electron chi connectivity index (χ0n) is 16.9. The number of ether oxygens (including phenoxy) is 1. The van der Waals surface area contributed by atoms with E-state index >= 15 is 0 Å². The van der Waals surface area contributed by atoms with Crippen LogP contribution in [0.25, 0.3) is 10.2 Å². The Morgan fingerprint density at radius 3 is 2.55 bits per heavy atom. The summed E-state index contributed by atoms with van der Waals surface area (Å²) in [6.07, 6.45) is 0.953. The molecule has 2 heterocycles. The van der Waals surface area contributed by atoms with Crippen LogP contribution in [0.1, 0.15) is 46.9 Å². The zero-order chi connectivity index (χ0) is 21.2. The lowest BCUT2D eigenvalue weighted by atomic mass is 9.99. The number of anilines is 1. The van der Waals surface area contributed by atoms with E-state index in [0.717, 1.165) is 5.56 Å². The summed E-state index contributed by atoms with van der Waals surface area (Å²) in [5.41, 5.74) is 6.87. The van der Waals surface area contributed by atoms with E-state index in [4.69, 9.17) is 10.5 Å². The molecule has 152 valence electrons. The maximum Gasteiger partial charge on any atom is 0.331 e. The molecule has 0 radical (unpaired) electrons. The van der Waals surface area contributed by atoms with Crippen molar-refractivity contribution in [3.63, 3.8) is 0 Å². The third-order valence-corrected chi connectivity index (χ3v) is 6.19. The van der Waals surface area contributed by atoms with Gasteiger partial charge in [-0.05, 0) is 31.4 Å². The Balaban J connectivity index is 1.95. The molecule has 1 aromatic carbocycles. The van der Waals surface area contributed by atoms with Gasteiger partial charge in [0.25, 0.3) is 5.91 Å². The van der Waals surface area contributed by atoms with Gasteiger partial charge in [-0.1, -0.05) is 37.3 Å². The van der Waals surface area contributed by atoms with Gasteiger partial charge in [0.15, 0.2) is 0 Å². The summed E-state index contributed by atoms with van der Waals surface area (Å²) in [5.74, 6) is 0.100. The molecule has 1 atom stereocenters. The molecule has 0 aliphatic rings. The number of aryl methyl sites for hydroxylation is 1. The third-order valence-electron chi connectivity index (χ3n) is 5.01. The molecule has 0 saturated heterocycles. The van der Waals surface area contributed by atoms with Crippen molar-refractivity contribution in [3.05, 3.63) is 52.2 Å². The van der Waals surface area contributed by atoms with Crippen molar-refractivity contribution in [2.24, 2.45) is 0 Å². The molecular formula is C21H24N4O3S. The van der Waals surface area contributed by atoms with Crippen LogP contribution in [0.5, 0.6) is 0 Å². The Morgan fingerprint density at radius 1 is 1.24 bits per heavy atom. The number of hydrogen-bond acceptors (Lipinski definition) is 7. The fourth-order valence-electron chi connectivity index (χ4n) is 3.11. The number of thiophene rings is 1. The molecule has 1 amide bonds. The van der Waals surface area contributed by atoms with Crippen molar-refractivity contribution >= 4 is 39.2 Å². The topological polar surface area (TPSA) is 107 Å². The number of amides is 1. The van der Waals surface area contributed by atoms with Crippen molar-refractivity contribution in [2.75, 3.05) is 12.8 Å². The molecule has 3 rings (SSSR count). The van der Waals surface area contributed by atoms with E-state index in [1.165, 1.54) is 18.4 Å². The Bertz CT molecular complexity index is 1060. The highest BCUT2D eigenvalue weighted by molar-refractivity contribution is 7.20. The highest BCUT2D eigenvalue weighted by atomic mass is 32.1. The fourth-order valence-corrected chi connectivity index (χ4v) is 4.21. The second kappa shape index (κ2) is 8.16. The molecule has 2 aromatic heterocycles. The number of benzene rings is 1. The monoisotopic (exact) mass is 412 g/mol. The van der Waals surface area contributed by atoms with E-state index in [2.05, 4.69) is 15.3 Å². The number of hydrogen-bond donors (Lipinski definition) is 2. The minimum Gasteiger partial charge on any atom is -0.467 e. The van der Waals surface area contributed by atoms with E-state index in [1.807, 2.05) is 44.2 Å². The van der Waals surface area contributed by atoms with E-state index in [-0.39, 0.29) is 5.91 Å². The van der Waals surface area contributed by atoms with Gasteiger partial charge in [0, 0.05) is 6.42 Å². The quantitative estimate of drug-likeness (QED) is 0.602. The Labute approximate surface area is 173 Å². The van der Waals surface area contributed by atoms with E-state index in [9.17, 15) is 9.59 Å². The molecule has 0 fully saturated rings. The van der Waals surface area contributed by atoms with E-state index in [0.29, 0.717) is 45.1 Å². The maximum absolute atomic E-state index is 12.9. The van der Waals surface area contributed by atoms with Gasteiger partial charge in [-0.2, -0.15) is 0 Å². The summed E-state index contributed by atoms with van der Waals surface area (Å²) in [6, 6.07) is 9.87. The number of carbonyl (C=O) groups excluding carboxylic acids is 2. The lowest BCUT2D eigenvalue weighted by Gasteiger charge is -2.26. The summed E-state index contributed by atoms with van der Waals surface area (Å²) >= 11 is 1.25. The van der Waals surface area contributed by atoms with Gasteiger partial charge in [-0.15, -0.1) is 11.3 Å². The Morgan fingerprint density at radius 2 is 1.93 bits per heavy atom. The van der Waals surface area contributed by atoms with Gasteiger partial charge in [0.2, 0.25) is 0 Å². The number of nitrogens with zero attached hydrogens (tertiary/aromatic N) is 2. The van der Waals surface area contributed by atoms with Crippen molar-refractivity contribution in [1.29, 1.82) is 0 Å². The first-order valence-corrected chi connectivity index (χ1v) is 10.1. The molecule has 8 heteroatoms. The average Bonchev–Trinajstić information content (AvgIpc) is 3.04. The fraction of sp³-hybridized carbons (Fsp3) is 0.333. The Kier molecular flexibility index (Phi) is 5.83. The van der Waals surface area contributed by atoms with Crippen molar-refractivity contribution in [1.82, 2.24) is 15.3 Å². The first-order valence-electron chi connectivity index (χ1n) is 9.29. The number of methoxy groups -OCH3 is 1. The van der Waals surface area contributed by atoms with Crippen LogP contribution in [0.15, 0.2) is 30.3 Å². The van der Waals surface area contributed by atoms with Crippen LogP contribution in [-0.4, -0.2) is 34.5 Å². The summed E-state index contributed by atoms with van der Waals surface area (Å²) in [5, 5.41) is 3.47. The molecule has 1 unspecified atom stereocenters. The van der Waals surface area contributed by atoms with Crippen LogP contribution < -0.4 is 11.1 Å². The maximum atomic E-state index is 12.9. The smallest absolute Gasteiger partial charge is 0.331 e. The number of aromatic nitrogens is 2. The SMILES string of the molecule is CCC(C)(NC(=O)c1sc2nc(Cc3ccccc3)nc(N)c2c1C)C(=O)OC. The number of nitrogens with two attached hydrogens (primary N) is 1. The number of carbonyl (C=O) groups is 2. The number of nitrogen functional groups attached to an aromatic ring is 1. The number of nitrogens with one attached hydrogen (secondary N) is 1. The number of rotatable bonds is 6. The van der Waals surface area contributed by atoms with Crippen molar-refractivity contribution in [2.45, 2.75) is 39.2 Å². The summed E-state index contributed by atoms with van der Waals surface area (Å²) < 4.78 is 4.83. The lowest BCUT2D eigenvalue weighted by molar-refractivity contribution is -0.147. The highest BCUT2D eigenvalue weighted by Crippen LogP contribution is 2.33. The van der Waals surface area contributed by atoms with Crippen LogP contribution in [0.3, 0.4) is 0 Å². The van der Waals surface area contributed by atoms with Crippen molar-refractivity contribution < 1.29 is 14.3 Å². The standard InChI is InChI=1S/C21H24N4O3S/c1-5-21(3,20(27)28-4)25-18(26)16-12(2)15-17(22)23-14(24-19(15)29-16)11-13-9-7-6-8-10-13/h6-10H,5,11H2,1-4H3,(H,25,26)(H2,22,23,24). The van der Waals surface area contributed by atoms with E-state index < -0.39 is 11.5 Å². The number of esters is 1. The first kappa shape index (κ1) is 20.7. The van der Waals surface area contributed by atoms with Gasteiger partial charge in [-0.3, -0.25) is 4.79 Å².